The van der Waals surface area contributed by atoms with Crippen molar-refractivity contribution in [2.45, 2.75) is 103 Å². The lowest BCUT2D eigenvalue weighted by Gasteiger charge is -2.30. The Balaban J connectivity index is 0.971. The summed E-state index contributed by atoms with van der Waals surface area (Å²) in [7, 11) is 0. The summed E-state index contributed by atoms with van der Waals surface area (Å²) in [4.78, 5) is 164. The molecule has 0 atom stereocenters. The molecule has 17 rings (SSSR count). The van der Waals surface area contributed by atoms with Crippen LogP contribution >= 0.6 is 0 Å². The molecule has 0 unspecified atom stereocenters. The predicted octanol–water partition coefficient (Wildman–Crippen LogP) is 20.0. The van der Waals surface area contributed by atoms with E-state index in [0.29, 0.717) is 44.2 Å². The van der Waals surface area contributed by atoms with E-state index >= 15 is 38.4 Å². The van der Waals surface area contributed by atoms with Gasteiger partial charge in [0.2, 0.25) is 0 Å². The lowest BCUT2D eigenvalue weighted by molar-refractivity contribution is -0.166. The van der Waals surface area contributed by atoms with Gasteiger partial charge < -0.3 is 47.9 Å². The van der Waals surface area contributed by atoms with Gasteiger partial charge in [-0.25, -0.2) is 29.9 Å². The second-order valence-electron chi connectivity index (χ2n) is 33.0. The van der Waals surface area contributed by atoms with Crippen LogP contribution in [0.1, 0.15) is 99.9 Å². The fourth-order valence-electron chi connectivity index (χ4n) is 18.2. The summed E-state index contributed by atoms with van der Waals surface area (Å²) in [5, 5.41) is 1.24. The van der Waals surface area contributed by atoms with Crippen LogP contribution in [-0.4, -0.2) is 140 Å². The number of hydrogen-bond donors (Lipinski definition) is 2. The Labute approximate surface area is 784 Å². The van der Waals surface area contributed by atoms with E-state index in [1.165, 1.54) is 0 Å². The van der Waals surface area contributed by atoms with Crippen molar-refractivity contribution in [1.82, 2.24) is 39.9 Å². The first-order valence-corrected chi connectivity index (χ1v) is 45.6. The average Bonchev–Trinajstić information content (AvgIpc) is 1.61. The zero-order valence-corrected chi connectivity index (χ0v) is 76.4. The van der Waals surface area contributed by atoms with E-state index in [-0.39, 0.29) is 169 Å². The van der Waals surface area contributed by atoms with Gasteiger partial charge in [0.15, 0.2) is 45.0 Å². The van der Waals surface area contributed by atoms with E-state index in [0.717, 1.165) is 44.5 Å². The van der Waals surface area contributed by atoms with Crippen LogP contribution in [0.4, 0.5) is 0 Å². The summed E-state index contributed by atoms with van der Waals surface area (Å²) in [6.07, 6.45) is -0.989. The number of ether oxygens (including phenoxy) is 8. The number of esters is 8. The van der Waals surface area contributed by atoms with Crippen molar-refractivity contribution >= 4 is 91.9 Å². The molecule has 24 heteroatoms. The molecule has 136 heavy (non-hydrogen) atoms. The van der Waals surface area contributed by atoms with Crippen LogP contribution in [0, 0.1) is 0 Å². The Hall–Kier alpha value is -16.2. The quantitative estimate of drug-likeness (QED) is 0.0225. The molecule has 24 nitrogen and oxygen atoms in total. The third-order valence-electron chi connectivity index (χ3n) is 24.9. The molecule has 0 fully saturated rings. The van der Waals surface area contributed by atoms with Gasteiger partial charge >= 0.3 is 47.8 Å². The molecular formula is C112H98N8O16. The monoisotopic (exact) mass is 1810 g/mol. The number of fused-ring (bicyclic) bond motifs is 20. The topological polar surface area (TPSA) is 319 Å². The highest BCUT2D eigenvalue weighted by Gasteiger charge is 2.55. The molecule has 12 aromatic carbocycles. The number of nitrogens with one attached hydrogen (secondary N) is 2. The van der Waals surface area contributed by atoms with Crippen LogP contribution in [0.15, 0.2) is 291 Å². The number of aromatic amines is 2. The first-order valence-electron chi connectivity index (χ1n) is 45.6. The molecule has 2 N–H and O–H groups in total. The van der Waals surface area contributed by atoms with E-state index in [1.54, 1.807) is 128 Å². The SMILES string of the molecule is CCOC(=O)C(Cc1ccc(-c2ccccc2)cc1)(C(=O)OCC)c1ccc2c(c1)-c1nc-2nc2[nH]c(nc3nc(nc4[nH]c(n1)c1ccc(C(Cc5ccc(-c6ccccc6)cc5)(C(=O)OCC)C(=O)OCC)cc41)-c1ccc(C(Cc4ccc(-c5ccccc5)cc4)(C(=O)OCC)C(=O)OCC)cc1-3)c1cc(C(Cc3ccc(-c4ccccc4)cc3)(C(=O)OCC)C(=O)OCC)ccc21. The van der Waals surface area contributed by atoms with Gasteiger partial charge in [-0.1, -0.05) is 267 Å². The van der Waals surface area contributed by atoms with E-state index in [2.05, 4.69) is 9.97 Å². The van der Waals surface area contributed by atoms with E-state index in [4.69, 9.17) is 67.8 Å². The van der Waals surface area contributed by atoms with Crippen LogP contribution in [0.25, 0.3) is 134 Å². The maximum absolute atomic E-state index is 15.5. The molecule has 0 aliphatic carbocycles. The fourth-order valence-corrected chi connectivity index (χ4v) is 18.2. The van der Waals surface area contributed by atoms with Gasteiger partial charge in [0.05, 0.1) is 52.9 Å². The average molecular weight is 1810 g/mol. The molecule has 0 saturated carbocycles. The van der Waals surface area contributed by atoms with Crippen molar-refractivity contribution in [1.29, 1.82) is 0 Å². The van der Waals surface area contributed by atoms with Crippen LogP contribution < -0.4 is 0 Å². The molecule has 3 aromatic heterocycles. The molecule has 5 heterocycles. The van der Waals surface area contributed by atoms with E-state index in [1.807, 2.05) is 218 Å². The maximum atomic E-state index is 15.5. The standard InChI is InChI=1S/C112H98N8O16/c1-9-129-101(121)109(102(122)130-10-2,65-69-37-45-77(46-38-69)73-29-21-17-22-30-73)81-53-57-85-89(61-81)97-114-93(85)113-94-86-58-54-83(111(105(125)133-13-5,106(126)134-14-6)67-71-41-49-79(50-42-71)75-33-25-19-26-34-75)63-91(86)99(115-94)120-100-92-64-84(112(107(127)135-15-7,108(128)136-16-8)68-72-43-51-80(52-44-72)76-35-27-20-28-36-76)56-60-88(92)96(119-100)118-98-90-62-82(55-59-87(90)95(116-97)117-98)110(103(123)131-11-3,104(124)132-12-4)66-70-39-47-78(48-40-70)74-31-23-18-24-32-74/h17-64H,9-16,65-68H2,1-8H3,(H2,113,114,115,116,117,118,119,120). The highest BCUT2D eigenvalue weighted by atomic mass is 16.6. The van der Waals surface area contributed by atoms with Crippen molar-refractivity contribution in [3.05, 3.63) is 336 Å². The number of aromatic nitrogens is 8. The Bertz CT molecular complexity index is 7180. The van der Waals surface area contributed by atoms with Gasteiger partial charge in [-0.05, 0) is 169 Å². The molecule has 682 valence electrons. The molecule has 2 aliphatic heterocycles. The van der Waals surface area contributed by atoms with Crippen LogP contribution in [0.2, 0.25) is 0 Å². The third kappa shape index (κ3) is 17.4. The second-order valence-corrected chi connectivity index (χ2v) is 33.0. The van der Waals surface area contributed by atoms with Gasteiger partial charge in [0.1, 0.15) is 22.6 Å². The van der Waals surface area contributed by atoms with Crippen molar-refractivity contribution in [3.63, 3.8) is 0 Å². The normalized spacial score (nSPS) is 11.8. The minimum absolute atomic E-state index is 0.0133. The molecular weight excluding hydrogens is 1710 g/mol. The number of benzene rings is 12. The predicted molar refractivity (Wildman–Crippen MR) is 518 cm³/mol. The van der Waals surface area contributed by atoms with E-state index in [9.17, 15) is 0 Å². The molecule has 15 aromatic rings. The van der Waals surface area contributed by atoms with Gasteiger partial charge in [-0.2, -0.15) is 0 Å². The number of carbonyl (C=O) groups is 8. The fraction of sp³-hybridized carbons (Fsp3) is 0.214. The summed E-state index contributed by atoms with van der Waals surface area (Å²) in [6, 6.07) is 89.1. The molecule has 0 amide bonds. The summed E-state index contributed by atoms with van der Waals surface area (Å²) in [5.41, 5.74) is 2.78. The number of nitrogens with zero attached hydrogens (tertiary/aromatic N) is 6. The minimum atomic E-state index is -2.22. The summed E-state index contributed by atoms with van der Waals surface area (Å²) in [5.74, 6) is -7.28. The minimum Gasteiger partial charge on any atom is -0.465 e. The lowest BCUT2D eigenvalue weighted by atomic mass is 9.74. The lowest BCUT2D eigenvalue weighted by Crippen LogP contribution is -2.48. The zero-order valence-electron chi connectivity index (χ0n) is 76.4. The summed E-state index contributed by atoms with van der Waals surface area (Å²) < 4.78 is 47.9. The molecule has 0 spiro atoms. The second kappa shape index (κ2) is 39.7. The number of hydrogen-bond acceptors (Lipinski definition) is 22. The Morgan fingerprint density at radius 3 is 0.640 bits per heavy atom. The molecule has 0 radical (unpaired) electrons. The number of rotatable bonds is 32. The number of H-pyrrole nitrogens is 2. The summed E-state index contributed by atoms with van der Waals surface area (Å²) >= 11 is 0. The van der Waals surface area contributed by atoms with Crippen LogP contribution in [-0.2, 0) is 124 Å². The van der Waals surface area contributed by atoms with Crippen LogP contribution in [0.5, 0.6) is 0 Å². The zero-order chi connectivity index (χ0) is 94.8. The highest BCUT2D eigenvalue weighted by molar-refractivity contribution is 6.14. The largest absolute Gasteiger partial charge is 0.465 e. The first kappa shape index (κ1) is 91.6. The third-order valence-corrected chi connectivity index (χ3v) is 24.9. The van der Waals surface area contributed by atoms with Gasteiger partial charge in [-0.15, -0.1) is 0 Å². The van der Waals surface area contributed by atoms with Crippen molar-refractivity contribution in [2.75, 3.05) is 52.9 Å². The Kier molecular flexibility index (Phi) is 26.7. The van der Waals surface area contributed by atoms with Gasteiger partial charge in [0.25, 0.3) is 0 Å². The van der Waals surface area contributed by atoms with Crippen LogP contribution in [0.3, 0.4) is 0 Å². The molecule has 2 aliphatic rings. The van der Waals surface area contributed by atoms with Gasteiger partial charge in [-0.3, -0.25) is 38.4 Å². The molecule has 8 bridgehead atoms. The highest BCUT2D eigenvalue weighted by Crippen LogP contribution is 2.47. The van der Waals surface area contributed by atoms with E-state index < -0.39 is 69.4 Å². The Morgan fingerprint density at radius 1 is 0.213 bits per heavy atom. The Morgan fingerprint density at radius 2 is 0.412 bits per heavy atom. The van der Waals surface area contributed by atoms with Crippen molar-refractivity contribution < 1.29 is 76.3 Å². The van der Waals surface area contributed by atoms with Gasteiger partial charge in [0, 0.05) is 69.5 Å². The van der Waals surface area contributed by atoms with Crippen molar-refractivity contribution in [3.8, 4) is 90.1 Å². The molecule has 0 saturated heterocycles. The van der Waals surface area contributed by atoms with Crippen molar-refractivity contribution in [2.24, 2.45) is 0 Å². The first-order chi connectivity index (χ1) is 66.2. The smallest absolute Gasteiger partial charge is 0.328 e. The maximum Gasteiger partial charge on any atom is 0.328 e. The summed E-state index contributed by atoms with van der Waals surface area (Å²) in [6.45, 7) is 12.2. The number of carbonyl (C=O) groups excluding carboxylic acids is 8.